The molecule has 0 radical (unpaired) electrons. The van der Waals surface area contributed by atoms with Gasteiger partial charge in [-0.05, 0) is 11.8 Å². The van der Waals surface area contributed by atoms with E-state index in [1.54, 1.807) is 0 Å². The number of hydrogen-bond acceptors (Lipinski definition) is 2. The minimum Gasteiger partial charge on any atom is -0.337 e. The smallest absolute Gasteiger partial charge is 0.122 e. The van der Waals surface area contributed by atoms with Crippen LogP contribution in [0.1, 0.15) is 39.9 Å². The van der Waals surface area contributed by atoms with Crippen LogP contribution in [0.3, 0.4) is 0 Å². The fourth-order valence-corrected chi connectivity index (χ4v) is 1.84. The lowest BCUT2D eigenvalue weighted by atomic mass is 9.85. The van der Waals surface area contributed by atoms with Crippen molar-refractivity contribution in [2.45, 2.75) is 46.7 Å². The third kappa shape index (κ3) is 3.34. The zero-order valence-corrected chi connectivity index (χ0v) is 10.5. The number of nitrogens with one attached hydrogen (secondary N) is 1. The highest BCUT2D eigenvalue weighted by Gasteiger charge is 2.22. The SMILES string of the molecule is CCC(NCc1nccn1C)C(C)(C)C. The third-order valence-electron chi connectivity index (χ3n) is 2.88. The van der Waals surface area contributed by atoms with E-state index in [4.69, 9.17) is 0 Å². The van der Waals surface area contributed by atoms with E-state index in [1.807, 2.05) is 19.4 Å². The Labute approximate surface area is 92.9 Å². The molecule has 1 rings (SSSR count). The van der Waals surface area contributed by atoms with Crippen molar-refractivity contribution in [2.24, 2.45) is 12.5 Å². The summed E-state index contributed by atoms with van der Waals surface area (Å²) in [4.78, 5) is 4.30. The van der Waals surface area contributed by atoms with Crippen LogP contribution >= 0.6 is 0 Å². The molecule has 15 heavy (non-hydrogen) atoms. The van der Waals surface area contributed by atoms with Gasteiger partial charge < -0.3 is 9.88 Å². The number of aryl methyl sites for hydroxylation is 1. The molecule has 0 saturated heterocycles. The predicted molar refractivity (Wildman–Crippen MR) is 63.6 cm³/mol. The third-order valence-corrected chi connectivity index (χ3v) is 2.88. The van der Waals surface area contributed by atoms with E-state index in [0.29, 0.717) is 11.5 Å². The Hall–Kier alpha value is -0.830. The fourth-order valence-electron chi connectivity index (χ4n) is 1.84. The molecule has 0 saturated carbocycles. The van der Waals surface area contributed by atoms with Crippen LogP contribution in [-0.2, 0) is 13.6 Å². The van der Waals surface area contributed by atoms with Gasteiger partial charge in [0.2, 0.25) is 0 Å². The van der Waals surface area contributed by atoms with Crippen LogP contribution in [-0.4, -0.2) is 15.6 Å². The molecule has 3 heteroatoms. The van der Waals surface area contributed by atoms with Gasteiger partial charge in [0.1, 0.15) is 5.82 Å². The van der Waals surface area contributed by atoms with Crippen molar-refractivity contribution in [3.63, 3.8) is 0 Å². The molecule has 1 atom stereocenters. The zero-order valence-electron chi connectivity index (χ0n) is 10.5. The fraction of sp³-hybridized carbons (Fsp3) is 0.750. The largest absolute Gasteiger partial charge is 0.337 e. The number of hydrogen-bond donors (Lipinski definition) is 1. The van der Waals surface area contributed by atoms with Crippen LogP contribution < -0.4 is 5.32 Å². The van der Waals surface area contributed by atoms with Crippen LogP contribution in [0.2, 0.25) is 0 Å². The molecule has 0 aromatic carbocycles. The second-order valence-electron chi connectivity index (χ2n) is 5.16. The van der Waals surface area contributed by atoms with E-state index in [1.165, 1.54) is 0 Å². The van der Waals surface area contributed by atoms with Gasteiger partial charge in [-0.1, -0.05) is 27.7 Å². The van der Waals surface area contributed by atoms with Crippen molar-refractivity contribution in [1.29, 1.82) is 0 Å². The van der Waals surface area contributed by atoms with Crippen molar-refractivity contribution < 1.29 is 0 Å². The van der Waals surface area contributed by atoms with Crippen molar-refractivity contribution in [1.82, 2.24) is 14.9 Å². The summed E-state index contributed by atoms with van der Waals surface area (Å²) >= 11 is 0. The van der Waals surface area contributed by atoms with Gasteiger partial charge in [0.05, 0.1) is 6.54 Å². The minimum atomic E-state index is 0.305. The van der Waals surface area contributed by atoms with Crippen LogP contribution in [0.4, 0.5) is 0 Å². The molecule has 1 N–H and O–H groups in total. The standard InChI is InChI=1S/C12H23N3/c1-6-10(12(2,3)4)14-9-11-13-7-8-15(11)5/h7-8,10,14H,6,9H2,1-5H3. The molecule has 0 spiro atoms. The first-order valence-electron chi connectivity index (χ1n) is 5.64. The maximum Gasteiger partial charge on any atom is 0.122 e. The molecule has 0 aliphatic rings. The maximum atomic E-state index is 4.30. The molecule has 1 aromatic rings. The average Bonchev–Trinajstić information content (AvgIpc) is 2.50. The molecule has 0 aliphatic carbocycles. The summed E-state index contributed by atoms with van der Waals surface area (Å²) in [6, 6.07) is 0.536. The molecule has 1 aromatic heterocycles. The van der Waals surface area contributed by atoms with E-state index >= 15 is 0 Å². The second-order valence-corrected chi connectivity index (χ2v) is 5.16. The lowest BCUT2D eigenvalue weighted by Crippen LogP contribution is -2.39. The predicted octanol–water partition coefficient (Wildman–Crippen LogP) is 2.33. The molecular weight excluding hydrogens is 186 g/mol. The zero-order chi connectivity index (χ0) is 11.5. The maximum absolute atomic E-state index is 4.30. The summed E-state index contributed by atoms with van der Waals surface area (Å²) in [5.74, 6) is 1.10. The Bertz CT molecular complexity index is 296. The van der Waals surface area contributed by atoms with Crippen molar-refractivity contribution >= 4 is 0 Å². The molecule has 0 amide bonds. The normalized spacial score (nSPS) is 14.2. The first-order valence-corrected chi connectivity index (χ1v) is 5.64. The number of aromatic nitrogens is 2. The number of nitrogens with zero attached hydrogens (tertiary/aromatic N) is 2. The van der Waals surface area contributed by atoms with Gasteiger partial charge in [-0.2, -0.15) is 0 Å². The van der Waals surface area contributed by atoms with E-state index in [2.05, 4.69) is 42.6 Å². The van der Waals surface area contributed by atoms with Gasteiger partial charge in [0.15, 0.2) is 0 Å². The molecule has 0 aliphatic heterocycles. The minimum absolute atomic E-state index is 0.305. The Balaban J connectivity index is 2.52. The van der Waals surface area contributed by atoms with Crippen molar-refractivity contribution in [2.75, 3.05) is 0 Å². The summed E-state index contributed by atoms with van der Waals surface area (Å²) < 4.78 is 2.06. The van der Waals surface area contributed by atoms with Crippen LogP contribution in [0, 0.1) is 5.41 Å². The summed E-state index contributed by atoms with van der Waals surface area (Å²) in [6.45, 7) is 9.88. The highest BCUT2D eigenvalue weighted by atomic mass is 15.1. The van der Waals surface area contributed by atoms with Gasteiger partial charge in [-0.25, -0.2) is 4.98 Å². The first-order chi connectivity index (χ1) is 6.95. The van der Waals surface area contributed by atoms with Gasteiger partial charge in [-0.3, -0.25) is 0 Å². The van der Waals surface area contributed by atoms with E-state index in [9.17, 15) is 0 Å². The van der Waals surface area contributed by atoms with Crippen molar-refractivity contribution in [3.05, 3.63) is 18.2 Å². The number of imidazole rings is 1. The highest BCUT2D eigenvalue weighted by molar-refractivity contribution is 4.92. The summed E-state index contributed by atoms with van der Waals surface area (Å²) in [5, 5.41) is 3.57. The summed E-state index contributed by atoms with van der Waals surface area (Å²) in [7, 11) is 2.03. The molecule has 86 valence electrons. The van der Waals surface area contributed by atoms with Gasteiger partial charge in [-0.15, -0.1) is 0 Å². The molecule has 1 unspecified atom stereocenters. The monoisotopic (exact) mass is 209 g/mol. The Morgan fingerprint density at radius 3 is 2.53 bits per heavy atom. The van der Waals surface area contributed by atoms with Gasteiger partial charge in [0, 0.05) is 25.5 Å². The molecule has 3 nitrogen and oxygen atoms in total. The molecule has 0 fully saturated rings. The van der Waals surface area contributed by atoms with E-state index in [-0.39, 0.29) is 0 Å². The van der Waals surface area contributed by atoms with Crippen molar-refractivity contribution in [3.8, 4) is 0 Å². The summed E-state index contributed by atoms with van der Waals surface area (Å²) in [5.41, 5.74) is 0.305. The quantitative estimate of drug-likeness (QED) is 0.825. The second kappa shape index (κ2) is 4.79. The Kier molecular flexibility index (Phi) is 3.91. The number of rotatable bonds is 4. The molecule has 0 bridgehead atoms. The van der Waals surface area contributed by atoms with E-state index < -0.39 is 0 Å². The Morgan fingerprint density at radius 2 is 2.13 bits per heavy atom. The average molecular weight is 209 g/mol. The lowest BCUT2D eigenvalue weighted by Gasteiger charge is -2.30. The highest BCUT2D eigenvalue weighted by Crippen LogP contribution is 2.21. The summed E-state index contributed by atoms with van der Waals surface area (Å²) in [6.07, 6.45) is 4.97. The van der Waals surface area contributed by atoms with Gasteiger partial charge >= 0.3 is 0 Å². The van der Waals surface area contributed by atoms with Gasteiger partial charge in [0.25, 0.3) is 0 Å². The molecule has 1 heterocycles. The topological polar surface area (TPSA) is 29.9 Å². The Morgan fingerprint density at radius 1 is 1.47 bits per heavy atom. The van der Waals surface area contributed by atoms with Crippen LogP contribution in [0.5, 0.6) is 0 Å². The lowest BCUT2D eigenvalue weighted by molar-refractivity contribution is 0.257. The molecular formula is C12H23N3. The van der Waals surface area contributed by atoms with E-state index in [0.717, 1.165) is 18.8 Å². The first kappa shape index (κ1) is 12.2. The van der Waals surface area contributed by atoms with Crippen LogP contribution in [0.15, 0.2) is 12.4 Å². The van der Waals surface area contributed by atoms with Crippen LogP contribution in [0.25, 0.3) is 0 Å².